The minimum absolute atomic E-state index is 0.00611. The lowest BCUT2D eigenvalue weighted by Crippen LogP contribution is -2.54. The summed E-state index contributed by atoms with van der Waals surface area (Å²) >= 11 is 0. The van der Waals surface area contributed by atoms with Gasteiger partial charge in [0.05, 0.1) is 6.61 Å². The zero-order chi connectivity index (χ0) is 10.6. The Morgan fingerprint density at radius 3 is 2.79 bits per heavy atom. The van der Waals surface area contributed by atoms with Crippen molar-refractivity contribution in [3.63, 3.8) is 0 Å². The van der Waals surface area contributed by atoms with Gasteiger partial charge in [-0.1, -0.05) is 6.92 Å². The van der Waals surface area contributed by atoms with E-state index in [9.17, 15) is 15.0 Å². The summed E-state index contributed by atoms with van der Waals surface area (Å²) in [6, 6.07) is 0. The fraction of sp³-hybridized carbons (Fsp3) is 0.900. The normalized spacial score (nSPS) is 53.3. The number of fused-ring (bicyclic) bond motifs is 1. The Kier molecular flexibility index (Phi) is 2.00. The topological polar surface area (TPSA) is 66.8 Å². The number of rotatable bonds is 0. The Morgan fingerprint density at radius 2 is 2.14 bits per heavy atom. The predicted octanol–water partition coefficient (Wildman–Crippen LogP) is 0.0714. The molecule has 1 aliphatic carbocycles. The smallest absolute Gasteiger partial charge is 0.172 e. The molecule has 0 amide bonds. The van der Waals surface area contributed by atoms with Crippen LogP contribution in [0.1, 0.15) is 26.7 Å². The molecule has 1 saturated carbocycles. The van der Waals surface area contributed by atoms with E-state index in [2.05, 4.69) is 0 Å². The molecule has 80 valence electrons. The molecule has 0 spiro atoms. The van der Waals surface area contributed by atoms with Crippen LogP contribution >= 0.6 is 0 Å². The lowest BCUT2D eigenvalue weighted by molar-refractivity contribution is -0.236. The van der Waals surface area contributed by atoms with Crippen molar-refractivity contribution in [1.29, 1.82) is 0 Å². The lowest BCUT2D eigenvalue weighted by atomic mass is 9.71. The molecule has 2 fully saturated rings. The summed E-state index contributed by atoms with van der Waals surface area (Å²) in [5.41, 5.74) is -1.44. The van der Waals surface area contributed by atoms with Crippen LogP contribution in [0.3, 0.4) is 0 Å². The molecule has 4 nitrogen and oxygen atoms in total. The second-order valence-electron chi connectivity index (χ2n) is 4.82. The number of carbonyl (C=O) groups is 1. The first-order chi connectivity index (χ1) is 6.35. The highest BCUT2D eigenvalue weighted by molar-refractivity contribution is 5.88. The molecule has 2 rings (SSSR count). The van der Waals surface area contributed by atoms with Crippen LogP contribution in [0.15, 0.2) is 0 Å². The molecule has 0 radical (unpaired) electrons. The summed E-state index contributed by atoms with van der Waals surface area (Å²) in [6.07, 6.45) is 0.207. The SMILES string of the molecule is C[C@@H]1CO[C@@]2(O)C[C@](C)(O)C(=O)C[C@H]12. The number of aliphatic hydroxyl groups is 2. The third kappa shape index (κ3) is 1.29. The van der Waals surface area contributed by atoms with Crippen LogP contribution < -0.4 is 0 Å². The van der Waals surface area contributed by atoms with Crippen molar-refractivity contribution in [3.8, 4) is 0 Å². The Bertz CT molecular complexity index is 273. The van der Waals surface area contributed by atoms with E-state index in [4.69, 9.17) is 4.74 Å². The van der Waals surface area contributed by atoms with Gasteiger partial charge >= 0.3 is 0 Å². The van der Waals surface area contributed by atoms with Crippen molar-refractivity contribution in [3.05, 3.63) is 0 Å². The molecule has 2 aliphatic rings. The van der Waals surface area contributed by atoms with Gasteiger partial charge in [0, 0.05) is 18.8 Å². The van der Waals surface area contributed by atoms with Gasteiger partial charge in [-0.25, -0.2) is 0 Å². The van der Waals surface area contributed by atoms with E-state index >= 15 is 0 Å². The monoisotopic (exact) mass is 200 g/mol. The van der Waals surface area contributed by atoms with Gasteiger partial charge in [-0.3, -0.25) is 4.79 Å². The molecule has 4 atom stereocenters. The van der Waals surface area contributed by atoms with Crippen molar-refractivity contribution in [2.45, 2.75) is 38.1 Å². The fourth-order valence-corrected chi connectivity index (χ4v) is 2.50. The zero-order valence-electron chi connectivity index (χ0n) is 8.49. The number of Topliss-reactive ketones (excluding diaryl/α,β-unsaturated/α-hetero) is 1. The van der Waals surface area contributed by atoms with Crippen molar-refractivity contribution in [1.82, 2.24) is 0 Å². The molecule has 0 aromatic carbocycles. The molecule has 0 aromatic heterocycles. The average molecular weight is 200 g/mol. The maximum atomic E-state index is 11.5. The number of hydrogen-bond acceptors (Lipinski definition) is 4. The van der Waals surface area contributed by atoms with Crippen LogP contribution in [0.4, 0.5) is 0 Å². The standard InChI is InChI=1S/C10H16O4/c1-6-4-14-10(13)5-9(2,12)8(11)3-7(6)10/h6-7,12-13H,3-5H2,1-2H3/t6-,7-,9+,10+/m1/s1. The Hall–Kier alpha value is -0.450. The molecule has 14 heavy (non-hydrogen) atoms. The molecular weight excluding hydrogens is 184 g/mol. The maximum absolute atomic E-state index is 11.5. The second-order valence-corrected chi connectivity index (χ2v) is 4.82. The lowest BCUT2D eigenvalue weighted by Gasteiger charge is -2.40. The third-order valence-corrected chi connectivity index (χ3v) is 3.47. The van der Waals surface area contributed by atoms with Gasteiger partial charge in [-0.2, -0.15) is 0 Å². The van der Waals surface area contributed by atoms with E-state index in [0.717, 1.165) is 0 Å². The molecule has 2 N–H and O–H groups in total. The third-order valence-electron chi connectivity index (χ3n) is 3.47. The minimum Gasteiger partial charge on any atom is -0.382 e. The molecule has 1 saturated heterocycles. The van der Waals surface area contributed by atoms with Gasteiger partial charge < -0.3 is 14.9 Å². The maximum Gasteiger partial charge on any atom is 0.172 e. The summed E-state index contributed by atoms with van der Waals surface area (Å²) in [4.78, 5) is 11.5. The first-order valence-electron chi connectivity index (χ1n) is 4.97. The Labute approximate surface area is 82.9 Å². The number of ether oxygens (including phenoxy) is 1. The quantitative estimate of drug-likeness (QED) is 0.580. The van der Waals surface area contributed by atoms with Crippen molar-refractivity contribution in [2.75, 3.05) is 6.61 Å². The summed E-state index contributed by atoms with van der Waals surface area (Å²) in [5.74, 6) is -1.46. The van der Waals surface area contributed by atoms with E-state index in [1.165, 1.54) is 6.92 Å². The van der Waals surface area contributed by atoms with E-state index in [1.807, 2.05) is 6.92 Å². The van der Waals surface area contributed by atoms with Crippen LogP contribution in [0.5, 0.6) is 0 Å². The second kappa shape index (κ2) is 2.78. The molecule has 1 heterocycles. The van der Waals surface area contributed by atoms with Crippen LogP contribution in [-0.2, 0) is 9.53 Å². The molecule has 4 heteroatoms. The van der Waals surface area contributed by atoms with Crippen LogP contribution in [-0.4, -0.2) is 34.0 Å². The highest BCUT2D eigenvalue weighted by Crippen LogP contribution is 2.46. The van der Waals surface area contributed by atoms with E-state index in [1.54, 1.807) is 0 Å². The molecule has 1 aliphatic heterocycles. The van der Waals surface area contributed by atoms with E-state index < -0.39 is 11.4 Å². The minimum atomic E-state index is -1.44. The average Bonchev–Trinajstić information content (AvgIpc) is 2.30. The molecule has 0 aromatic rings. The van der Waals surface area contributed by atoms with Gasteiger partial charge in [-0.15, -0.1) is 0 Å². The first kappa shape index (κ1) is 10.1. The summed E-state index contributed by atoms with van der Waals surface area (Å²) in [7, 11) is 0. The van der Waals surface area contributed by atoms with Gasteiger partial charge in [0.1, 0.15) is 5.60 Å². The number of carbonyl (C=O) groups excluding carboxylic acids is 1. The predicted molar refractivity (Wildman–Crippen MR) is 48.4 cm³/mol. The van der Waals surface area contributed by atoms with Gasteiger partial charge in [-0.05, 0) is 12.8 Å². The van der Waals surface area contributed by atoms with Crippen molar-refractivity contribution >= 4 is 5.78 Å². The highest BCUT2D eigenvalue weighted by atomic mass is 16.6. The highest BCUT2D eigenvalue weighted by Gasteiger charge is 2.57. The molecule has 0 unspecified atom stereocenters. The molecular formula is C10H16O4. The zero-order valence-corrected chi connectivity index (χ0v) is 8.49. The molecule has 0 bridgehead atoms. The van der Waals surface area contributed by atoms with Crippen LogP contribution in [0.25, 0.3) is 0 Å². The van der Waals surface area contributed by atoms with Crippen molar-refractivity contribution < 1.29 is 19.7 Å². The summed E-state index contributed by atoms with van der Waals surface area (Å²) in [6.45, 7) is 3.86. The number of hydrogen-bond donors (Lipinski definition) is 2. The first-order valence-corrected chi connectivity index (χ1v) is 4.97. The van der Waals surface area contributed by atoms with Gasteiger partial charge in [0.25, 0.3) is 0 Å². The largest absolute Gasteiger partial charge is 0.382 e. The van der Waals surface area contributed by atoms with Crippen molar-refractivity contribution in [2.24, 2.45) is 11.8 Å². The number of ketones is 1. The Balaban J connectivity index is 2.27. The summed E-state index contributed by atoms with van der Waals surface area (Å²) < 4.78 is 5.28. The van der Waals surface area contributed by atoms with E-state index in [-0.39, 0.29) is 30.5 Å². The summed E-state index contributed by atoms with van der Waals surface area (Å²) in [5, 5.41) is 19.9. The van der Waals surface area contributed by atoms with Gasteiger partial charge in [0.15, 0.2) is 11.6 Å². The Morgan fingerprint density at radius 1 is 1.50 bits per heavy atom. The van der Waals surface area contributed by atoms with Gasteiger partial charge in [0.2, 0.25) is 0 Å². The van der Waals surface area contributed by atoms with E-state index in [0.29, 0.717) is 6.61 Å². The fourth-order valence-electron chi connectivity index (χ4n) is 2.50. The van der Waals surface area contributed by atoms with Crippen LogP contribution in [0, 0.1) is 11.8 Å². The van der Waals surface area contributed by atoms with Crippen LogP contribution in [0.2, 0.25) is 0 Å².